The number of ether oxygens (including phenoxy) is 1. The number of nitrogens with zero attached hydrogens (tertiary/aromatic N) is 1. The Labute approximate surface area is 152 Å². The fraction of sp³-hybridized carbons (Fsp3) is 0.176. The van der Waals surface area contributed by atoms with Crippen molar-refractivity contribution in [2.45, 2.75) is 13.3 Å². The number of aryl methyl sites for hydroxylation is 1. The zero-order valence-electron chi connectivity index (χ0n) is 12.9. The monoisotopic (exact) mass is 412 g/mol. The van der Waals surface area contributed by atoms with Crippen LogP contribution in [0.5, 0.6) is 5.75 Å². The summed E-state index contributed by atoms with van der Waals surface area (Å²) in [5, 5.41) is 3.98. The molecule has 1 N–H and O–H groups in total. The second-order valence-corrected chi connectivity index (χ2v) is 6.13. The molecule has 0 radical (unpaired) electrons. The summed E-state index contributed by atoms with van der Waals surface area (Å²) in [5.41, 5.74) is 3.99. The average molecular weight is 414 g/mol. The van der Waals surface area contributed by atoms with Gasteiger partial charge in [0.05, 0.1) is 15.7 Å². The molecule has 0 aromatic heterocycles. The van der Waals surface area contributed by atoms with E-state index in [-0.39, 0.29) is 11.6 Å². The van der Waals surface area contributed by atoms with Crippen molar-refractivity contribution in [2.24, 2.45) is 5.10 Å². The fourth-order valence-corrected chi connectivity index (χ4v) is 2.59. The summed E-state index contributed by atoms with van der Waals surface area (Å²) in [6.07, 6.45) is 2.26. The number of amides is 1. The predicted molar refractivity (Wildman–Crippen MR) is 96.2 cm³/mol. The van der Waals surface area contributed by atoms with Gasteiger partial charge in [0.25, 0.3) is 5.91 Å². The Hall–Kier alpha value is -1.92. The van der Waals surface area contributed by atoms with E-state index in [4.69, 9.17) is 16.3 Å². The Kier molecular flexibility index (Phi) is 6.75. The van der Waals surface area contributed by atoms with E-state index in [9.17, 15) is 9.18 Å². The molecule has 0 saturated heterocycles. The standard InChI is InChI=1S/C17H15BrClFN2O2/c1-2-11-3-6-16(14(18)7-11)24-10-17(23)22-21-9-12-4-5-13(20)8-15(12)19/h3-9H,2,10H2,1H3,(H,22,23). The van der Waals surface area contributed by atoms with Gasteiger partial charge in [-0.05, 0) is 58.2 Å². The zero-order valence-corrected chi connectivity index (χ0v) is 15.2. The van der Waals surface area contributed by atoms with E-state index < -0.39 is 11.7 Å². The Morgan fingerprint density at radius 1 is 1.38 bits per heavy atom. The third-order valence-electron chi connectivity index (χ3n) is 3.12. The van der Waals surface area contributed by atoms with Gasteiger partial charge in [-0.1, -0.05) is 24.6 Å². The topological polar surface area (TPSA) is 50.7 Å². The maximum Gasteiger partial charge on any atom is 0.277 e. The van der Waals surface area contributed by atoms with Gasteiger partial charge in [-0.25, -0.2) is 9.82 Å². The third kappa shape index (κ3) is 5.32. The van der Waals surface area contributed by atoms with E-state index in [0.29, 0.717) is 11.3 Å². The van der Waals surface area contributed by atoms with E-state index in [2.05, 4.69) is 33.4 Å². The van der Waals surface area contributed by atoms with Crippen molar-refractivity contribution in [3.05, 3.63) is 62.8 Å². The lowest BCUT2D eigenvalue weighted by Gasteiger charge is -2.08. The Bertz CT molecular complexity index is 768. The normalized spacial score (nSPS) is 10.8. The Morgan fingerprint density at radius 2 is 2.17 bits per heavy atom. The molecule has 0 spiro atoms. The van der Waals surface area contributed by atoms with Crippen molar-refractivity contribution in [2.75, 3.05) is 6.61 Å². The van der Waals surface area contributed by atoms with Crippen LogP contribution in [0.25, 0.3) is 0 Å². The first-order valence-corrected chi connectivity index (χ1v) is 8.35. The van der Waals surface area contributed by atoms with Crippen LogP contribution in [-0.2, 0) is 11.2 Å². The molecule has 0 aliphatic rings. The van der Waals surface area contributed by atoms with E-state index in [1.54, 1.807) is 6.07 Å². The van der Waals surface area contributed by atoms with Gasteiger partial charge in [-0.15, -0.1) is 0 Å². The van der Waals surface area contributed by atoms with Crippen molar-refractivity contribution in [3.8, 4) is 5.75 Å². The minimum absolute atomic E-state index is 0.182. The van der Waals surface area contributed by atoms with Gasteiger partial charge in [0.2, 0.25) is 0 Å². The lowest BCUT2D eigenvalue weighted by Crippen LogP contribution is -2.24. The maximum absolute atomic E-state index is 12.9. The van der Waals surface area contributed by atoms with Crippen LogP contribution in [0, 0.1) is 5.82 Å². The van der Waals surface area contributed by atoms with Crippen molar-refractivity contribution < 1.29 is 13.9 Å². The van der Waals surface area contributed by atoms with Gasteiger partial charge >= 0.3 is 0 Å². The quantitative estimate of drug-likeness (QED) is 0.566. The lowest BCUT2D eigenvalue weighted by atomic mass is 10.2. The summed E-state index contributed by atoms with van der Waals surface area (Å²) in [5.74, 6) is -0.280. The molecule has 24 heavy (non-hydrogen) atoms. The van der Waals surface area contributed by atoms with Gasteiger partial charge in [-0.2, -0.15) is 5.10 Å². The summed E-state index contributed by atoms with van der Waals surface area (Å²) in [6.45, 7) is 1.87. The molecule has 126 valence electrons. The molecule has 7 heteroatoms. The van der Waals surface area contributed by atoms with Crippen molar-refractivity contribution in [1.82, 2.24) is 5.43 Å². The minimum atomic E-state index is -0.436. The number of hydrazone groups is 1. The largest absolute Gasteiger partial charge is 0.483 e. The molecule has 0 aliphatic heterocycles. The lowest BCUT2D eigenvalue weighted by molar-refractivity contribution is -0.123. The highest BCUT2D eigenvalue weighted by atomic mass is 79.9. The van der Waals surface area contributed by atoms with E-state index in [0.717, 1.165) is 10.9 Å². The molecule has 4 nitrogen and oxygen atoms in total. The van der Waals surface area contributed by atoms with E-state index >= 15 is 0 Å². The summed E-state index contributed by atoms with van der Waals surface area (Å²) < 4.78 is 19.1. The fourth-order valence-electron chi connectivity index (χ4n) is 1.84. The molecule has 2 rings (SSSR count). The molecule has 2 aromatic rings. The van der Waals surface area contributed by atoms with Gasteiger partial charge < -0.3 is 4.74 Å². The summed E-state index contributed by atoms with van der Waals surface area (Å²) in [4.78, 5) is 11.7. The smallest absolute Gasteiger partial charge is 0.277 e. The number of carbonyl (C=O) groups is 1. The number of carbonyl (C=O) groups excluding carboxylic acids is 1. The molecule has 0 bridgehead atoms. The van der Waals surface area contributed by atoms with E-state index in [1.807, 2.05) is 12.1 Å². The molecular formula is C17H15BrClFN2O2. The van der Waals surface area contributed by atoms with Gasteiger partial charge in [0.1, 0.15) is 11.6 Å². The van der Waals surface area contributed by atoms with Crippen LogP contribution < -0.4 is 10.2 Å². The number of nitrogens with one attached hydrogen (secondary N) is 1. The Balaban J connectivity index is 1.86. The van der Waals surface area contributed by atoms with Crippen LogP contribution in [0.1, 0.15) is 18.1 Å². The molecular weight excluding hydrogens is 399 g/mol. The minimum Gasteiger partial charge on any atom is -0.483 e. The summed E-state index contributed by atoms with van der Waals surface area (Å²) in [7, 11) is 0. The number of hydrogen-bond acceptors (Lipinski definition) is 3. The Morgan fingerprint density at radius 3 is 2.83 bits per heavy atom. The van der Waals surface area contributed by atoms with Crippen molar-refractivity contribution in [3.63, 3.8) is 0 Å². The van der Waals surface area contributed by atoms with Crippen LogP contribution in [0.4, 0.5) is 4.39 Å². The van der Waals surface area contributed by atoms with Crippen molar-refractivity contribution >= 4 is 39.7 Å². The highest BCUT2D eigenvalue weighted by Gasteiger charge is 2.06. The van der Waals surface area contributed by atoms with E-state index in [1.165, 1.54) is 30.0 Å². The summed E-state index contributed by atoms with van der Waals surface area (Å²) >= 11 is 9.26. The second kappa shape index (κ2) is 8.80. The second-order valence-electron chi connectivity index (χ2n) is 4.87. The van der Waals surface area contributed by atoms with Crippen molar-refractivity contribution in [1.29, 1.82) is 0 Å². The first-order chi connectivity index (χ1) is 11.5. The number of halogens is 3. The van der Waals surface area contributed by atoms with Crippen LogP contribution in [0.3, 0.4) is 0 Å². The van der Waals surface area contributed by atoms with Gasteiger partial charge in [-0.3, -0.25) is 4.79 Å². The van der Waals surface area contributed by atoms with Crippen LogP contribution in [0.15, 0.2) is 46.0 Å². The number of benzene rings is 2. The molecule has 2 aromatic carbocycles. The molecule has 0 fully saturated rings. The van der Waals surface area contributed by atoms with Crippen LogP contribution >= 0.6 is 27.5 Å². The summed E-state index contributed by atoms with van der Waals surface area (Å²) in [6, 6.07) is 9.59. The van der Waals surface area contributed by atoms with Crippen LogP contribution in [0.2, 0.25) is 5.02 Å². The molecule has 0 unspecified atom stereocenters. The number of rotatable bonds is 6. The first-order valence-electron chi connectivity index (χ1n) is 7.17. The predicted octanol–water partition coefficient (Wildman–Crippen LogP) is 4.33. The molecule has 0 atom stereocenters. The molecule has 0 aliphatic carbocycles. The SMILES string of the molecule is CCc1ccc(OCC(=O)NN=Cc2ccc(F)cc2Cl)c(Br)c1. The highest BCUT2D eigenvalue weighted by Crippen LogP contribution is 2.26. The van der Waals surface area contributed by atoms with Crippen LogP contribution in [-0.4, -0.2) is 18.7 Å². The van der Waals surface area contributed by atoms with Gasteiger partial charge in [0.15, 0.2) is 6.61 Å². The zero-order chi connectivity index (χ0) is 17.5. The first kappa shape index (κ1) is 18.4. The van der Waals surface area contributed by atoms with Gasteiger partial charge in [0, 0.05) is 5.56 Å². The average Bonchev–Trinajstić information content (AvgIpc) is 2.55. The molecule has 1 amide bonds. The molecule has 0 heterocycles. The number of hydrogen-bond donors (Lipinski definition) is 1. The highest BCUT2D eigenvalue weighted by molar-refractivity contribution is 9.10. The third-order valence-corrected chi connectivity index (χ3v) is 4.07. The molecule has 0 saturated carbocycles. The maximum atomic E-state index is 12.9.